The maximum Gasteiger partial charge on any atom is 0.502 e. The van der Waals surface area contributed by atoms with Gasteiger partial charge in [-0.3, -0.25) is 0 Å². The van der Waals surface area contributed by atoms with Gasteiger partial charge in [-0.15, -0.1) is 0 Å². The van der Waals surface area contributed by atoms with Gasteiger partial charge in [-0.1, -0.05) is 35.5 Å². The monoisotopic (exact) mass is 383 g/mol. The Morgan fingerprint density at radius 2 is 1.58 bits per heavy atom. The Balaban J connectivity index is 2.28. The lowest BCUT2D eigenvalue weighted by Gasteiger charge is -2.09. The molecule has 0 N–H and O–H groups in total. The maximum absolute atomic E-state index is 13.2. The van der Waals surface area contributed by atoms with Crippen LogP contribution in [0, 0.1) is 0 Å². The molecule has 0 aliphatic rings. The number of ether oxygens (including phenoxy) is 1. The number of methoxy groups -OCH3 is 1. The number of benzene rings is 2. The third-order valence-electron chi connectivity index (χ3n) is 3.62. The van der Waals surface area contributed by atoms with Crippen LogP contribution in [0.2, 0.25) is 0 Å². The molecule has 136 valence electrons. The maximum atomic E-state index is 13.2. The summed E-state index contributed by atoms with van der Waals surface area (Å²) >= 11 is 0. The van der Waals surface area contributed by atoms with Crippen LogP contribution in [0.4, 0.5) is 13.2 Å². The zero-order valence-electron chi connectivity index (χ0n) is 13.3. The minimum Gasteiger partial charge on any atom is -0.497 e. The van der Waals surface area contributed by atoms with Crippen molar-refractivity contribution in [3.8, 4) is 28.3 Å². The van der Waals surface area contributed by atoms with Crippen molar-refractivity contribution >= 4 is 9.84 Å². The van der Waals surface area contributed by atoms with Crippen molar-refractivity contribution in [1.29, 1.82) is 0 Å². The molecule has 3 rings (SSSR count). The molecule has 26 heavy (non-hydrogen) atoms. The van der Waals surface area contributed by atoms with E-state index in [-0.39, 0.29) is 11.1 Å². The van der Waals surface area contributed by atoms with E-state index in [1.54, 1.807) is 18.2 Å². The van der Waals surface area contributed by atoms with Crippen molar-refractivity contribution in [3.05, 3.63) is 54.6 Å². The van der Waals surface area contributed by atoms with Crippen LogP contribution >= 0.6 is 0 Å². The normalized spacial score (nSPS) is 12.2. The van der Waals surface area contributed by atoms with Gasteiger partial charge < -0.3 is 9.26 Å². The van der Waals surface area contributed by atoms with Gasteiger partial charge in [0, 0.05) is 11.1 Å². The minimum atomic E-state index is -5.69. The largest absolute Gasteiger partial charge is 0.502 e. The predicted molar refractivity (Wildman–Crippen MR) is 87.2 cm³/mol. The number of halogens is 3. The second-order valence-electron chi connectivity index (χ2n) is 5.23. The van der Waals surface area contributed by atoms with E-state index in [0.717, 1.165) is 0 Å². The van der Waals surface area contributed by atoms with Crippen LogP contribution in [0.1, 0.15) is 0 Å². The van der Waals surface area contributed by atoms with E-state index in [2.05, 4.69) is 5.16 Å². The molecule has 0 atom stereocenters. The Bertz CT molecular complexity index is 1010. The van der Waals surface area contributed by atoms with Gasteiger partial charge in [-0.25, -0.2) is 8.42 Å². The average molecular weight is 383 g/mol. The molecule has 1 aromatic heterocycles. The van der Waals surface area contributed by atoms with Crippen LogP contribution in [-0.2, 0) is 9.84 Å². The average Bonchev–Trinajstić information content (AvgIpc) is 3.07. The first-order valence-corrected chi connectivity index (χ1v) is 8.75. The van der Waals surface area contributed by atoms with Gasteiger partial charge in [0.15, 0.2) is 10.7 Å². The van der Waals surface area contributed by atoms with Gasteiger partial charge in [0.05, 0.1) is 7.11 Å². The summed E-state index contributed by atoms with van der Waals surface area (Å²) in [4.78, 5) is -1.01. The van der Waals surface area contributed by atoms with Gasteiger partial charge in [-0.2, -0.15) is 13.2 Å². The summed E-state index contributed by atoms with van der Waals surface area (Å²) < 4.78 is 74.0. The van der Waals surface area contributed by atoms with Crippen LogP contribution in [0.15, 0.2) is 64.0 Å². The fourth-order valence-electron chi connectivity index (χ4n) is 2.35. The number of hydrogen-bond donors (Lipinski definition) is 0. The highest BCUT2D eigenvalue weighted by atomic mass is 32.2. The van der Waals surface area contributed by atoms with Crippen LogP contribution in [0.5, 0.6) is 5.75 Å². The van der Waals surface area contributed by atoms with Crippen molar-refractivity contribution in [1.82, 2.24) is 5.16 Å². The van der Waals surface area contributed by atoms with Gasteiger partial charge in [-0.05, 0) is 24.3 Å². The topological polar surface area (TPSA) is 69.4 Å². The molecule has 0 spiro atoms. The molecule has 2 aromatic carbocycles. The van der Waals surface area contributed by atoms with Gasteiger partial charge in [0.1, 0.15) is 11.4 Å². The standard InChI is InChI=1S/C17H12F3NO4S/c1-24-13-9-7-12(8-10-13)15-16(26(22,23)17(18,19)20)14(21-25-15)11-5-3-2-4-6-11/h2-10H,1H3. The quantitative estimate of drug-likeness (QED) is 0.671. The molecular formula is C17H12F3NO4S. The van der Waals surface area contributed by atoms with Crippen molar-refractivity contribution in [2.75, 3.05) is 7.11 Å². The van der Waals surface area contributed by atoms with Crippen molar-refractivity contribution in [2.45, 2.75) is 10.4 Å². The predicted octanol–water partition coefficient (Wildman–Crippen LogP) is 4.31. The fourth-order valence-corrected chi connectivity index (χ4v) is 3.39. The number of aromatic nitrogens is 1. The fraction of sp³-hybridized carbons (Fsp3) is 0.118. The summed E-state index contributed by atoms with van der Waals surface area (Å²) in [6.07, 6.45) is 0. The number of sulfone groups is 1. The van der Waals surface area contributed by atoms with Gasteiger partial charge >= 0.3 is 5.51 Å². The summed E-state index contributed by atoms with van der Waals surface area (Å²) in [7, 11) is -4.27. The van der Waals surface area contributed by atoms with Crippen molar-refractivity contribution < 1.29 is 30.8 Å². The molecule has 0 amide bonds. The lowest BCUT2D eigenvalue weighted by molar-refractivity contribution is -0.0435. The first-order valence-electron chi connectivity index (χ1n) is 7.26. The van der Waals surface area contributed by atoms with E-state index in [1.807, 2.05) is 0 Å². The van der Waals surface area contributed by atoms with Crippen LogP contribution in [-0.4, -0.2) is 26.2 Å². The second-order valence-corrected chi connectivity index (χ2v) is 7.11. The third-order valence-corrected chi connectivity index (χ3v) is 5.15. The molecule has 0 unspecified atom stereocenters. The van der Waals surface area contributed by atoms with E-state index >= 15 is 0 Å². The zero-order valence-corrected chi connectivity index (χ0v) is 14.1. The van der Waals surface area contributed by atoms with Crippen molar-refractivity contribution in [2.24, 2.45) is 0 Å². The van der Waals surface area contributed by atoms with Crippen LogP contribution < -0.4 is 4.74 Å². The molecular weight excluding hydrogens is 371 g/mol. The third kappa shape index (κ3) is 3.05. The lowest BCUT2D eigenvalue weighted by atomic mass is 10.1. The Labute approximate surface area is 146 Å². The molecule has 1 heterocycles. The summed E-state index contributed by atoms with van der Waals surface area (Å²) in [6, 6.07) is 13.4. The van der Waals surface area contributed by atoms with Crippen LogP contribution in [0.3, 0.4) is 0 Å². The highest BCUT2D eigenvalue weighted by molar-refractivity contribution is 7.92. The Hall–Kier alpha value is -2.81. The molecule has 0 bridgehead atoms. The van der Waals surface area contributed by atoms with Crippen LogP contribution in [0.25, 0.3) is 22.6 Å². The van der Waals surface area contributed by atoms with E-state index in [4.69, 9.17) is 9.26 Å². The number of hydrogen-bond acceptors (Lipinski definition) is 5. The first kappa shape index (κ1) is 18.0. The Morgan fingerprint density at radius 3 is 2.12 bits per heavy atom. The summed E-state index contributed by atoms with van der Waals surface area (Å²) in [5.74, 6) is -0.0272. The van der Waals surface area contributed by atoms with E-state index in [9.17, 15) is 21.6 Å². The molecule has 0 fully saturated rings. The molecule has 0 saturated carbocycles. The number of nitrogens with zero attached hydrogens (tertiary/aromatic N) is 1. The molecule has 0 aliphatic carbocycles. The smallest absolute Gasteiger partial charge is 0.497 e. The highest BCUT2D eigenvalue weighted by Gasteiger charge is 2.51. The Kier molecular flexibility index (Phi) is 4.49. The summed E-state index contributed by atoms with van der Waals surface area (Å²) in [6.45, 7) is 0. The highest BCUT2D eigenvalue weighted by Crippen LogP contribution is 2.42. The SMILES string of the molecule is COc1ccc(-c2onc(-c3ccccc3)c2S(=O)(=O)C(F)(F)F)cc1. The van der Waals surface area contributed by atoms with Gasteiger partial charge in [0.2, 0.25) is 0 Å². The molecule has 3 aromatic rings. The van der Waals surface area contributed by atoms with Gasteiger partial charge in [0.25, 0.3) is 9.84 Å². The lowest BCUT2D eigenvalue weighted by Crippen LogP contribution is -2.24. The first-order chi connectivity index (χ1) is 12.3. The zero-order chi connectivity index (χ0) is 18.9. The molecule has 0 aliphatic heterocycles. The molecule has 9 heteroatoms. The van der Waals surface area contributed by atoms with E-state index in [1.165, 1.54) is 43.5 Å². The number of alkyl halides is 3. The molecule has 0 radical (unpaired) electrons. The molecule has 5 nitrogen and oxygen atoms in total. The Morgan fingerprint density at radius 1 is 0.962 bits per heavy atom. The molecule has 0 saturated heterocycles. The number of rotatable bonds is 4. The van der Waals surface area contributed by atoms with E-state index in [0.29, 0.717) is 5.75 Å². The summed E-state index contributed by atoms with van der Waals surface area (Å²) in [5.41, 5.74) is -5.57. The minimum absolute atomic E-state index is 0.128. The van der Waals surface area contributed by atoms with Crippen molar-refractivity contribution in [3.63, 3.8) is 0 Å². The second kappa shape index (κ2) is 6.49. The van der Waals surface area contributed by atoms with E-state index < -0.39 is 31.7 Å². The summed E-state index contributed by atoms with van der Waals surface area (Å²) in [5, 5.41) is 3.60.